The number of rotatable bonds is 6. The molecule has 0 bridgehead atoms. The summed E-state index contributed by atoms with van der Waals surface area (Å²) < 4.78 is 10.9. The molecule has 7 nitrogen and oxygen atoms in total. The molecule has 0 radical (unpaired) electrons. The molecule has 28 heavy (non-hydrogen) atoms. The summed E-state index contributed by atoms with van der Waals surface area (Å²) in [6, 6.07) is 9.73. The molecule has 3 heterocycles. The maximum absolute atomic E-state index is 5.48. The summed E-state index contributed by atoms with van der Waals surface area (Å²) >= 11 is 0. The first-order valence-corrected chi connectivity index (χ1v) is 8.80. The summed E-state index contributed by atoms with van der Waals surface area (Å²) in [4.78, 5) is 17.7. The first-order chi connectivity index (χ1) is 13.8. The van der Waals surface area contributed by atoms with Gasteiger partial charge in [0.1, 0.15) is 11.5 Å². The Morgan fingerprint density at radius 3 is 2.68 bits per heavy atom. The number of benzene rings is 1. The summed E-state index contributed by atoms with van der Waals surface area (Å²) in [5.41, 5.74) is 4.15. The van der Waals surface area contributed by atoms with Crippen LogP contribution in [0.3, 0.4) is 0 Å². The van der Waals surface area contributed by atoms with Crippen molar-refractivity contribution in [2.24, 2.45) is 0 Å². The maximum atomic E-state index is 5.48. The highest BCUT2D eigenvalue weighted by molar-refractivity contribution is 5.79. The van der Waals surface area contributed by atoms with Gasteiger partial charge in [0.2, 0.25) is 5.95 Å². The Balaban J connectivity index is 1.69. The van der Waals surface area contributed by atoms with Crippen molar-refractivity contribution in [3.63, 3.8) is 0 Å². The Labute approximate surface area is 162 Å². The van der Waals surface area contributed by atoms with Gasteiger partial charge in [0.15, 0.2) is 0 Å². The lowest BCUT2D eigenvalue weighted by Crippen LogP contribution is -2.06. The molecule has 0 unspecified atom stereocenters. The summed E-state index contributed by atoms with van der Waals surface area (Å²) in [5.74, 6) is 2.10. The Hall–Kier alpha value is -3.74. The predicted octanol–water partition coefficient (Wildman–Crippen LogP) is 4.12. The van der Waals surface area contributed by atoms with E-state index in [2.05, 4.69) is 20.3 Å². The monoisotopic (exact) mass is 373 g/mol. The minimum Gasteiger partial charge on any atom is -0.496 e. The van der Waals surface area contributed by atoms with E-state index in [4.69, 9.17) is 14.1 Å². The third kappa shape index (κ3) is 3.55. The van der Waals surface area contributed by atoms with Crippen LogP contribution >= 0.6 is 0 Å². The molecule has 4 aromatic rings. The van der Waals surface area contributed by atoms with Crippen LogP contribution in [0.1, 0.15) is 11.3 Å². The normalized spacial score (nSPS) is 10.6. The lowest BCUT2D eigenvalue weighted by atomic mass is 10.1. The van der Waals surface area contributed by atoms with E-state index in [1.54, 1.807) is 38.2 Å². The number of ether oxygens (including phenoxy) is 1. The second-order valence-electron chi connectivity index (χ2n) is 6.10. The zero-order chi connectivity index (χ0) is 19.3. The molecular weight excluding hydrogens is 354 g/mol. The Morgan fingerprint density at radius 1 is 1.04 bits per heavy atom. The van der Waals surface area contributed by atoms with Crippen LogP contribution in [0.2, 0.25) is 0 Å². The van der Waals surface area contributed by atoms with Gasteiger partial charge in [-0.15, -0.1) is 0 Å². The first-order valence-electron chi connectivity index (χ1n) is 8.80. The topological polar surface area (TPSA) is 86.0 Å². The van der Waals surface area contributed by atoms with Gasteiger partial charge < -0.3 is 14.5 Å². The maximum Gasteiger partial charge on any atom is 0.223 e. The van der Waals surface area contributed by atoms with Gasteiger partial charge in [-0.25, -0.2) is 9.97 Å². The molecule has 0 saturated carbocycles. The molecule has 4 rings (SSSR count). The van der Waals surface area contributed by atoms with Crippen LogP contribution in [0.15, 0.2) is 65.8 Å². The Morgan fingerprint density at radius 2 is 1.93 bits per heavy atom. The summed E-state index contributed by atoms with van der Waals surface area (Å²) in [7, 11) is 1.66. The first kappa shape index (κ1) is 17.7. The average Bonchev–Trinajstić information content (AvgIpc) is 3.18. The Kier molecular flexibility index (Phi) is 4.97. The van der Waals surface area contributed by atoms with E-state index in [1.807, 2.05) is 37.3 Å². The second-order valence-corrected chi connectivity index (χ2v) is 6.10. The zero-order valence-corrected chi connectivity index (χ0v) is 15.6. The number of furan rings is 1. The van der Waals surface area contributed by atoms with E-state index >= 15 is 0 Å². The average molecular weight is 373 g/mol. The third-order valence-electron chi connectivity index (χ3n) is 4.37. The molecule has 0 atom stereocenters. The summed E-state index contributed by atoms with van der Waals surface area (Å²) in [6.07, 6.45) is 8.38. The van der Waals surface area contributed by atoms with Gasteiger partial charge in [-0.1, -0.05) is 18.2 Å². The van der Waals surface area contributed by atoms with Crippen molar-refractivity contribution < 1.29 is 9.15 Å². The number of anilines is 1. The molecule has 140 valence electrons. The summed E-state index contributed by atoms with van der Waals surface area (Å²) in [5, 5.41) is 3.27. The van der Waals surface area contributed by atoms with Crippen molar-refractivity contribution in [1.82, 2.24) is 19.9 Å². The molecule has 0 amide bonds. The van der Waals surface area contributed by atoms with Crippen LogP contribution in [0.4, 0.5) is 5.95 Å². The number of aryl methyl sites for hydroxylation is 1. The van der Waals surface area contributed by atoms with E-state index in [-0.39, 0.29) is 0 Å². The van der Waals surface area contributed by atoms with Crippen molar-refractivity contribution in [3.05, 3.63) is 72.7 Å². The van der Waals surface area contributed by atoms with Gasteiger partial charge in [-0.3, -0.25) is 9.97 Å². The molecule has 0 fully saturated rings. The minimum atomic E-state index is 0.508. The number of hydrogen-bond acceptors (Lipinski definition) is 7. The molecule has 3 aromatic heterocycles. The number of para-hydroxylation sites is 1. The Bertz CT molecular complexity index is 1080. The van der Waals surface area contributed by atoms with E-state index in [0.717, 1.165) is 33.9 Å². The van der Waals surface area contributed by atoms with Gasteiger partial charge in [-0.05, 0) is 19.1 Å². The van der Waals surface area contributed by atoms with Gasteiger partial charge in [0.25, 0.3) is 0 Å². The smallest absolute Gasteiger partial charge is 0.223 e. The number of hydrogen-bond donors (Lipinski definition) is 1. The fourth-order valence-electron chi connectivity index (χ4n) is 2.95. The molecule has 0 aliphatic heterocycles. The predicted molar refractivity (Wildman–Crippen MR) is 106 cm³/mol. The quantitative estimate of drug-likeness (QED) is 0.544. The number of nitrogens with one attached hydrogen (secondary N) is 1. The molecule has 1 aromatic carbocycles. The second kappa shape index (κ2) is 7.87. The van der Waals surface area contributed by atoms with Crippen LogP contribution in [-0.2, 0) is 6.54 Å². The fraction of sp³-hybridized carbons (Fsp3) is 0.143. The lowest BCUT2D eigenvalue weighted by Gasteiger charge is -2.12. The number of aromatic nitrogens is 4. The highest BCUT2D eigenvalue weighted by Crippen LogP contribution is 2.32. The van der Waals surface area contributed by atoms with Crippen molar-refractivity contribution in [3.8, 4) is 28.3 Å². The molecule has 0 saturated heterocycles. The standard InChI is InChI=1S/C21H19N5O2/c1-14-16(7-10-28-14)20-17(18-13-22-8-9-23-18)12-25-21(26-20)24-11-15-5-3-4-6-19(15)27-2/h3-10,12-13H,11H2,1-2H3,(H,24,25,26). The number of nitrogens with zero attached hydrogens (tertiary/aromatic N) is 4. The van der Waals surface area contributed by atoms with E-state index in [1.165, 1.54) is 0 Å². The summed E-state index contributed by atoms with van der Waals surface area (Å²) in [6.45, 7) is 2.44. The fourth-order valence-corrected chi connectivity index (χ4v) is 2.95. The van der Waals surface area contributed by atoms with Gasteiger partial charge in [-0.2, -0.15) is 0 Å². The number of methoxy groups -OCH3 is 1. The molecule has 0 spiro atoms. The van der Waals surface area contributed by atoms with Crippen LogP contribution in [0.25, 0.3) is 22.5 Å². The van der Waals surface area contributed by atoms with Crippen molar-refractivity contribution >= 4 is 5.95 Å². The van der Waals surface area contributed by atoms with Gasteiger partial charge >= 0.3 is 0 Å². The van der Waals surface area contributed by atoms with E-state index < -0.39 is 0 Å². The highest BCUT2D eigenvalue weighted by atomic mass is 16.5. The molecule has 0 aliphatic carbocycles. The SMILES string of the molecule is COc1ccccc1CNc1ncc(-c2cnccn2)c(-c2ccoc2C)n1. The zero-order valence-electron chi connectivity index (χ0n) is 15.6. The highest BCUT2D eigenvalue weighted by Gasteiger charge is 2.16. The van der Waals surface area contributed by atoms with Gasteiger partial charge in [0, 0.05) is 41.8 Å². The minimum absolute atomic E-state index is 0.508. The van der Waals surface area contributed by atoms with Crippen molar-refractivity contribution in [2.75, 3.05) is 12.4 Å². The van der Waals surface area contributed by atoms with E-state index in [0.29, 0.717) is 18.2 Å². The molecular formula is C21H19N5O2. The van der Waals surface area contributed by atoms with Crippen LogP contribution in [-0.4, -0.2) is 27.0 Å². The van der Waals surface area contributed by atoms with Crippen LogP contribution in [0.5, 0.6) is 5.75 Å². The molecule has 1 N–H and O–H groups in total. The van der Waals surface area contributed by atoms with Crippen molar-refractivity contribution in [2.45, 2.75) is 13.5 Å². The lowest BCUT2D eigenvalue weighted by molar-refractivity contribution is 0.410. The van der Waals surface area contributed by atoms with E-state index in [9.17, 15) is 0 Å². The van der Waals surface area contributed by atoms with Crippen LogP contribution < -0.4 is 10.1 Å². The van der Waals surface area contributed by atoms with Crippen LogP contribution in [0, 0.1) is 6.92 Å². The molecule has 0 aliphatic rings. The molecule has 7 heteroatoms. The largest absolute Gasteiger partial charge is 0.496 e. The third-order valence-corrected chi connectivity index (χ3v) is 4.37. The van der Waals surface area contributed by atoms with Gasteiger partial charge in [0.05, 0.1) is 31.0 Å². The van der Waals surface area contributed by atoms with Crippen molar-refractivity contribution in [1.29, 1.82) is 0 Å².